The van der Waals surface area contributed by atoms with Crippen molar-refractivity contribution >= 4 is 32.9 Å². The van der Waals surface area contributed by atoms with Gasteiger partial charge in [-0.25, -0.2) is 8.42 Å². The Bertz CT molecular complexity index is 766. The third-order valence-electron chi connectivity index (χ3n) is 2.48. The summed E-state index contributed by atoms with van der Waals surface area (Å²) in [6, 6.07) is 5.37. The number of aryl methyl sites for hydroxylation is 1. The number of rotatable bonds is 3. The zero-order chi connectivity index (χ0) is 14.2. The minimum atomic E-state index is -3.22. The van der Waals surface area contributed by atoms with Crippen LogP contribution in [0.2, 0.25) is 0 Å². The highest BCUT2D eigenvalue weighted by Gasteiger charge is 2.20. The van der Waals surface area contributed by atoms with Crippen molar-refractivity contribution < 1.29 is 8.42 Å². The van der Waals surface area contributed by atoms with Gasteiger partial charge in [-0.1, -0.05) is 0 Å². The fraction of sp³-hybridized carbons (Fsp3) is 0.273. The minimum absolute atomic E-state index is 0.280. The third kappa shape index (κ3) is 2.54. The van der Waals surface area contributed by atoms with Gasteiger partial charge in [0.1, 0.15) is 26.6 Å². The third-order valence-corrected chi connectivity index (χ3v) is 6.25. The summed E-state index contributed by atoms with van der Waals surface area (Å²) in [6.07, 6.45) is 3.04. The lowest BCUT2D eigenvalue weighted by molar-refractivity contribution is 0.604. The summed E-state index contributed by atoms with van der Waals surface area (Å²) in [7, 11) is -1.46. The molecule has 2 aromatic rings. The van der Waals surface area contributed by atoms with Crippen LogP contribution >= 0.6 is 23.1 Å². The van der Waals surface area contributed by atoms with Gasteiger partial charge in [0.15, 0.2) is 9.84 Å². The van der Waals surface area contributed by atoms with Crippen molar-refractivity contribution in [2.45, 2.75) is 9.24 Å². The molecule has 0 aliphatic heterocycles. The normalized spacial score (nSPS) is 11.5. The highest BCUT2D eigenvalue weighted by atomic mass is 32.2. The molecule has 0 bridgehead atoms. The molecule has 5 nitrogen and oxygen atoms in total. The molecule has 19 heavy (non-hydrogen) atoms. The van der Waals surface area contributed by atoms with Gasteiger partial charge in [0.2, 0.25) is 0 Å². The molecule has 0 aliphatic carbocycles. The van der Waals surface area contributed by atoms with Crippen molar-refractivity contribution in [3.05, 3.63) is 17.7 Å². The molecule has 0 unspecified atom stereocenters. The number of thiophene rings is 1. The maximum atomic E-state index is 11.5. The van der Waals surface area contributed by atoms with Crippen LogP contribution in [0.4, 0.5) is 0 Å². The van der Waals surface area contributed by atoms with E-state index < -0.39 is 9.84 Å². The second-order valence-corrected chi connectivity index (χ2v) is 7.98. The van der Waals surface area contributed by atoms with E-state index in [1.165, 1.54) is 18.0 Å². The number of thioether (sulfide) groups is 1. The van der Waals surface area contributed by atoms with Gasteiger partial charge in [0, 0.05) is 13.3 Å². The molecule has 100 valence electrons. The number of hydrogen-bond donors (Lipinski definition) is 0. The quantitative estimate of drug-likeness (QED) is 0.812. The maximum Gasteiger partial charge on any atom is 0.184 e. The summed E-state index contributed by atoms with van der Waals surface area (Å²) in [5, 5.41) is 14.3. The highest BCUT2D eigenvalue weighted by molar-refractivity contribution is 7.98. The lowest BCUT2D eigenvalue weighted by atomic mass is 10.2. The van der Waals surface area contributed by atoms with Crippen molar-refractivity contribution in [2.75, 3.05) is 12.5 Å². The van der Waals surface area contributed by atoms with E-state index >= 15 is 0 Å². The minimum Gasteiger partial charge on any atom is -0.260 e. The smallest absolute Gasteiger partial charge is 0.184 e. The van der Waals surface area contributed by atoms with Crippen molar-refractivity contribution in [2.24, 2.45) is 7.05 Å². The highest BCUT2D eigenvalue weighted by Crippen LogP contribution is 2.35. The van der Waals surface area contributed by atoms with Gasteiger partial charge in [-0.3, -0.25) is 4.68 Å². The van der Waals surface area contributed by atoms with Crippen LogP contribution in [0.1, 0.15) is 5.56 Å². The van der Waals surface area contributed by atoms with Gasteiger partial charge < -0.3 is 0 Å². The second-order valence-electron chi connectivity index (χ2n) is 3.86. The number of hydrogen-bond acceptors (Lipinski definition) is 6. The Hall–Kier alpha value is -1.30. The molecular weight excluding hydrogens is 302 g/mol. The molecule has 8 heteroatoms. The van der Waals surface area contributed by atoms with Crippen LogP contribution in [0.25, 0.3) is 10.6 Å². The summed E-state index contributed by atoms with van der Waals surface area (Å²) in [4.78, 5) is 0.688. The van der Waals surface area contributed by atoms with Gasteiger partial charge in [-0.05, 0) is 18.4 Å². The standard InChI is InChI=1S/C11H11N3O2S3/c1-14-11(17-2)7(6-12)10(13-14)8-4-5-9(18-8)19(3,15)16/h4-5H,1-3H3. The summed E-state index contributed by atoms with van der Waals surface area (Å²) < 4.78 is 24.9. The van der Waals surface area contributed by atoms with Crippen LogP contribution < -0.4 is 0 Å². The van der Waals surface area contributed by atoms with Crippen LogP contribution in [-0.4, -0.2) is 30.7 Å². The first-order valence-corrected chi connectivity index (χ1v) is 9.13. The number of nitriles is 1. The molecule has 0 saturated carbocycles. The Morgan fingerprint density at radius 3 is 2.63 bits per heavy atom. The predicted molar refractivity (Wildman–Crippen MR) is 76.1 cm³/mol. The van der Waals surface area contributed by atoms with E-state index in [-0.39, 0.29) is 4.21 Å². The van der Waals surface area contributed by atoms with Crippen LogP contribution in [0.15, 0.2) is 21.4 Å². The molecule has 0 amide bonds. The Balaban J connectivity index is 2.61. The number of sulfone groups is 1. The first kappa shape index (κ1) is 14.1. The molecule has 0 atom stereocenters. The van der Waals surface area contributed by atoms with Crippen molar-refractivity contribution in [3.8, 4) is 16.6 Å². The van der Waals surface area contributed by atoms with Gasteiger partial charge in [-0.15, -0.1) is 23.1 Å². The zero-order valence-corrected chi connectivity index (χ0v) is 13.0. The van der Waals surface area contributed by atoms with Crippen molar-refractivity contribution in [3.63, 3.8) is 0 Å². The lowest BCUT2D eigenvalue weighted by Crippen LogP contribution is -1.92. The predicted octanol–water partition coefficient (Wildman–Crippen LogP) is 2.15. The second kappa shape index (κ2) is 5.00. The Morgan fingerprint density at radius 2 is 2.16 bits per heavy atom. The molecule has 0 saturated heterocycles. The first-order valence-electron chi connectivity index (χ1n) is 5.20. The van der Waals surface area contributed by atoms with E-state index in [2.05, 4.69) is 11.2 Å². The summed E-state index contributed by atoms with van der Waals surface area (Å²) >= 11 is 2.57. The van der Waals surface area contributed by atoms with Crippen LogP contribution in [0.3, 0.4) is 0 Å². The van der Waals surface area contributed by atoms with E-state index in [4.69, 9.17) is 0 Å². The van der Waals surface area contributed by atoms with Gasteiger partial charge in [0.05, 0.1) is 4.88 Å². The molecule has 2 rings (SSSR count). The van der Waals surface area contributed by atoms with Gasteiger partial charge in [-0.2, -0.15) is 10.4 Å². The molecule has 0 fully saturated rings. The van der Waals surface area contributed by atoms with E-state index in [0.717, 1.165) is 16.4 Å². The van der Waals surface area contributed by atoms with E-state index in [1.54, 1.807) is 23.9 Å². The SMILES string of the molecule is CSc1c(C#N)c(-c2ccc(S(C)(=O)=O)s2)nn1C. The molecule has 0 N–H and O–H groups in total. The van der Waals surface area contributed by atoms with E-state index in [1.807, 2.05) is 6.26 Å². The Kier molecular flexibility index (Phi) is 3.71. The summed E-state index contributed by atoms with van der Waals surface area (Å²) in [6.45, 7) is 0. The monoisotopic (exact) mass is 313 g/mol. The number of aromatic nitrogens is 2. The van der Waals surface area contributed by atoms with Crippen LogP contribution in [-0.2, 0) is 16.9 Å². The molecule has 0 spiro atoms. The Morgan fingerprint density at radius 1 is 1.47 bits per heavy atom. The molecule has 0 aliphatic rings. The fourth-order valence-electron chi connectivity index (χ4n) is 1.66. The van der Waals surface area contributed by atoms with Crippen LogP contribution in [0, 0.1) is 11.3 Å². The van der Waals surface area contributed by atoms with Crippen molar-refractivity contribution in [1.82, 2.24) is 9.78 Å². The Labute approximate surface area is 119 Å². The average molecular weight is 313 g/mol. The van der Waals surface area contributed by atoms with Gasteiger partial charge >= 0.3 is 0 Å². The maximum absolute atomic E-state index is 11.5. The lowest BCUT2D eigenvalue weighted by Gasteiger charge is -1.94. The fourth-order valence-corrected chi connectivity index (χ4v) is 4.23. The molecule has 2 aromatic heterocycles. The average Bonchev–Trinajstić information content (AvgIpc) is 2.91. The molecule has 0 aromatic carbocycles. The van der Waals surface area contributed by atoms with E-state index in [0.29, 0.717) is 16.1 Å². The zero-order valence-electron chi connectivity index (χ0n) is 10.5. The summed E-state index contributed by atoms with van der Waals surface area (Å²) in [5.74, 6) is 0. The summed E-state index contributed by atoms with van der Waals surface area (Å²) in [5.41, 5.74) is 1.02. The molecule has 2 heterocycles. The van der Waals surface area contributed by atoms with Gasteiger partial charge in [0.25, 0.3) is 0 Å². The van der Waals surface area contributed by atoms with Crippen molar-refractivity contribution in [1.29, 1.82) is 5.26 Å². The largest absolute Gasteiger partial charge is 0.260 e. The number of nitrogens with zero attached hydrogens (tertiary/aromatic N) is 3. The topological polar surface area (TPSA) is 75.8 Å². The van der Waals surface area contributed by atoms with Crippen LogP contribution in [0.5, 0.6) is 0 Å². The first-order chi connectivity index (χ1) is 8.88. The van der Waals surface area contributed by atoms with E-state index in [9.17, 15) is 13.7 Å². The molecule has 0 radical (unpaired) electrons. The molecular formula is C11H11N3O2S3.